The van der Waals surface area contributed by atoms with Crippen molar-refractivity contribution >= 4 is 39.1 Å². The van der Waals surface area contributed by atoms with Crippen LogP contribution in [0, 0.1) is 13.8 Å². The number of benzene rings is 3. The lowest BCUT2D eigenvalue weighted by atomic mass is 9.95. The number of carbonyl (C=O) groups excluding carboxylic acids is 2. The van der Waals surface area contributed by atoms with E-state index in [1.165, 1.54) is 35.6 Å². The van der Waals surface area contributed by atoms with E-state index in [-0.39, 0.29) is 23.4 Å². The van der Waals surface area contributed by atoms with Crippen molar-refractivity contribution in [2.75, 3.05) is 10.8 Å². The summed E-state index contributed by atoms with van der Waals surface area (Å²) in [5.74, 6) is -0.659. The third kappa shape index (κ3) is 7.92. The van der Waals surface area contributed by atoms with Crippen LogP contribution in [0.5, 0.6) is 0 Å². The first kappa shape index (κ1) is 31.6. The van der Waals surface area contributed by atoms with Gasteiger partial charge in [-0.1, -0.05) is 79.7 Å². The van der Waals surface area contributed by atoms with Crippen LogP contribution in [0.25, 0.3) is 0 Å². The number of aryl methyl sites for hydroxylation is 2. The highest BCUT2D eigenvalue weighted by molar-refractivity contribution is 7.92. The van der Waals surface area contributed by atoms with E-state index in [0.717, 1.165) is 46.7 Å². The molecule has 0 spiro atoms. The average Bonchev–Trinajstić information content (AvgIpc) is 2.97. The normalized spacial score (nSPS) is 14.7. The first-order chi connectivity index (χ1) is 20.1. The van der Waals surface area contributed by atoms with Crippen LogP contribution in [0.15, 0.2) is 77.7 Å². The summed E-state index contributed by atoms with van der Waals surface area (Å²) < 4.78 is 29.1. The third-order valence-corrected chi connectivity index (χ3v) is 9.82. The molecule has 1 unspecified atom stereocenters. The van der Waals surface area contributed by atoms with Gasteiger partial charge in [0.05, 0.1) is 10.6 Å². The van der Waals surface area contributed by atoms with Crippen LogP contribution in [0.1, 0.15) is 62.1 Å². The van der Waals surface area contributed by atoms with E-state index < -0.39 is 28.5 Å². The van der Waals surface area contributed by atoms with Gasteiger partial charge in [-0.25, -0.2) is 8.42 Å². The summed E-state index contributed by atoms with van der Waals surface area (Å²) in [6.45, 7) is 5.44. The monoisotopic (exact) mass is 609 g/mol. The molecule has 2 amide bonds. The molecular weight excluding hydrogens is 570 g/mol. The number of hydrogen-bond acceptors (Lipinski definition) is 4. The lowest BCUT2D eigenvalue weighted by molar-refractivity contribution is -0.140. The lowest BCUT2D eigenvalue weighted by Gasteiger charge is -2.34. The lowest BCUT2D eigenvalue weighted by Crippen LogP contribution is -2.54. The SMILES string of the molecule is CCC(C(=O)NC1CCCCC1)N(Cc1ccc(C)cc1)C(=O)CN(c1cccc(C)c1)S(=O)(=O)c1ccc(Cl)cc1. The number of amides is 2. The number of rotatable bonds is 11. The van der Waals surface area contributed by atoms with Gasteiger partial charge in [-0.3, -0.25) is 13.9 Å². The molecule has 1 N–H and O–H groups in total. The summed E-state index contributed by atoms with van der Waals surface area (Å²) in [6, 6.07) is 20.1. The highest BCUT2D eigenvalue weighted by Crippen LogP contribution is 2.27. The van der Waals surface area contributed by atoms with E-state index in [9.17, 15) is 18.0 Å². The van der Waals surface area contributed by atoms with Crippen LogP contribution < -0.4 is 9.62 Å². The van der Waals surface area contributed by atoms with Gasteiger partial charge >= 0.3 is 0 Å². The molecule has 7 nitrogen and oxygen atoms in total. The molecule has 1 saturated carbocycles. The van der Waals surface area contributed by atoms with Crippen molar-refractivity contribution in [3.63, 3.8) is 0 Å². The van der Waals surface area contributed by atoms with E-state index >= 15 is 0 Å². The van der Waals surface area contributed by atoms with Crippen molar-refractivity contribution in [1.29, 1.82) is 0 Å². The fourth-order valence-electron chi connectivity index (χ4n) is 5.40. The van der Waals surface area contributed by atoms with Crippen molar-refractivity contribution in [2.24, 2.45) is 0 Å². The molecule has 1 fully saturated rings. The van der Waals surface area contributed by atoms with E-state index in [1.807, 2.05) is 51.1 Å². The highest BCUT2D eigenvalue weighted by Gasteiger charge is 2.34. The maximum atomic E-state index is 14.2. The molecule has 9 heteroatoms. The molecule has 0 radical (unpaired) electrons. The molecule has 0 heterocycles. The van der Waals surface area contributed by atoms with E-state index in [0.29, 0.717) is 17.1 Å². The summed E-state index contributed by atoms with van der Waals surface area (Å²) in [6.07, 6.45) is 5.55. The standard InChI is InChI=1S/C33H40ClN3O4S/c1-4-31(33(39)35-28-10-6-5-7-11-28)36(22-26-15-13-24(2)14-16-26)32(38)23-37(29-12-8-9-25(3)21-29)42(40,41)30-19-17-27(34)18-20-30/h8-9,12-21,28,31H,4-7,10-11,22-23H2,1-3H3,(H,35,39). The van der Waals surface area contributed by atoms with Gasteiger partial charge in [0.15, 0.2) is 0 Å². The van der Waals surface area contributed by atoms with Crippen LogP contribution in [0.4, 0.5) is 5.69 Å². The molecule has 1 atom stereocenters. The van der Waals surface area contributed by atoms with Crippen molar-refractivity contribution in [2.45, 2.75) is 82.8 Å². The van der Waals surface area contributed by atoms with Crippen LogP contribution in [0.3, 0.4) is 0 Å². The second-order valence-electron chi connectivity index (χ2n) is 11.1. The van der Waals surface area contributed by atoms with E-state index in [4.69, 9.17) is 11.6 Å². The zero-order valence-electron chi connectivity index (χ0n) is 24.6. The molecular formula is C33H40ClN3O4S. The Labute approximate surface area is 254 Å². The van der Waals surface area contributed by atoms with Crippen LogP contribution >= 0.6 is 11.6 Å². The molecule has 0 aromatic heterocycles. The van der Waals surface area contributed by atoms with Crippen molar-refractivity contribution in [1.82, 2.24) is 10.2 Å². The predicted octanol–water partition coefficient (Wildman–Crippen LogP) is 6.41. The van der Waals surface area contributed by atoms with Gasteiger partial charge in [-0.2, -0.15) is 0 Å². The Morgan fingerprint density at radius 2 is 1.60 bits per heavy atom. The fraction of sp³-hybridized carbons (Fsp3) is 0.394. The predicted molar refractivity (Wildman–Crippen MR) is 168 cm³/mol. The van der Waals surface area contributed by atoms with Gasteiger partial charge in [-0.15, -0.1) is 0 Å². The molecule has 3 aromatic carbocycles. The Balaban J connectivity index is 1.70. The second-order valence-corrected chi connectivity index (χ2v) is 13.4. The van der Waals surface area contributed by atoms with Crippen LogP contribution in [-0.4, -0.2) is 43.8 Å². The van der Waals surface area contributed by atoms with Crippen molar-refractivity contribution in [3.8, 4) is 0 Å². The Morgan fingerprint density at radius 3 is 2.21 bits per heavy atom. The summed E-state index contributed by atoms with van der Waals surface area (Å²) in [4.78, 5) is 29.4. The number of halogens is 1. The maximum absolute atomic E-state index is 14.2. The summed E-state index contributed by atoms with van der Waals surface area (Å²) in [5, 5.41) is 3.59. The van der Waals surface area contributed by atoms with Gasteiger partial charge in [0, 0.05) is 17.6 Å². The van der Waals surface area contributed by atoms with Gasteiger partial charge in [-0.05, 0) is 80.6 Å². The molecule has 42 heavy (non-hydrogen) atoms. The zero-order valence-corrected chi connectivity index (χ0v) is 26.1. The molecule has 1 aliphatic carbocycles. The Kier molecular flexibility index (Phi) is 10.7. The maximum Gasteiger partial charge on any atom is 0.264 e. The molecule has 3 aromatic rings. The average molecular weight is 610 g/mol. The number of carbonyl (C=O) groups is 2. The number of nitrogens with one attached hydrogen (secondary N) is 1. The van der Waals surface area contributed by atoms with Gasteiger partial charge in [0.25, 0.3) is 10.0 Å². The van der Waals surface area contributed by atoms with E-state index in [1.54, 1.807) is 18.2 Å². The number of sulfonamides is 1. The minimum absolute atomic E-state index is 0.0216. The number of anilines is 1. The summed E-state index contributed by atoms with van der Waals surface area (Å²) in [7, 11) is -4.14. The minimum Gasteiger partial charge on any atom is -0.352 e. The first-order valence-electron chi connectivity index (χ1n) is 14.6. The molecule has 224 valence electrons. The zero-order chi connectivity index (χ0) is 30.3. The third-order valence-electron chi connectivity index (χ3n) is 7.78. The van der Waals surface area contributed by atoms with Crippen molar-refractivity contribution < 1.29 is 18.0 Å². The van der Waals surface area contributed by atoms with Gasteiger partial charge in [0.1, 0.15) is 12.6 Å². The molecule has 0 aliphatic heterocycles. The largest absolute Gasteiger partial charge is 0.352 e. The van der Waals surface area contributed by atoms with E-state index in [2.05, 4.69) is 5.32 Å². The van der Waals surface area contributed by atoms with Crippen LogP contribution in [0.2, 0.25) is 5.02 Å². The minimum atomic E-state index is -4.14. The Morgan fingerprint density at radius 1 is 0.929 bits per heavy atom. The topological polar surface area (TPSA) is 86.8 Å². The number of hydrogen-bond donors (Lipinski definition) is 1. The Hall–Kier alpha value is -3.36. The smallest absolute Gasteiger partial charge is 0.264 e. The molecule has 4 rings (SSSR count). The summed E-state index contributed by atoms with van der Waals surface area (Å²) in [5.41, 5.74) is 3.17. The molecule has 1 aliphatic rings. The molecule has 0 saturated heterocycles. The summed E-state index contributed by atoms with van der Waals surface area (Å²) >= 11 is 6.03. The molecule has 0 bridgehead atoms. The quantitative estimate of drug-likeness (QED) is 0.272. The van der Waals surface area contributed by atoms with Crippen molar-refractivity contribution in [3.05, 3.63) is 94.5 Å². The van der Waals surface area contributed by atoms with Gasteiger partial charge < -0.3 is 10.2 Å². The van der Waals surface area contributed by atoms with Crippen LogP contribution in [-0.2, 0) is 26.2 Å². The van der Waals surface area contributed by atoms with Gasteiger partial charge in [0.2, 0.25) is 11.8 Å². The number of nitrogens with zero attached hydrogens (tertiary/aromatic N) is 2. The first-order valence-corrected chi connectivity index (χ1v) is 16.4. The highest BCUT2D eigenvalue weighted by atomic mass is 35.5. The Bertz CT molecular complexity index is 1470. The second kappa shape index (κ2) is 14.2. The fourth-order valence-corrected chi connectivity index (χ4v) is 6.93.